The molecule has 1 aromatic heterocycles. The van der Waals surface area contributed by atoms with Crippen LogP contribution >= 0.6 is 0 Å². The van der Waals surface area contributed by atoms with E-state index in [4.69, 9.17) is 10.3 Å². The standard InChI is InChI=1S/C27H27N3O9/c1-30(2)15-9-11(3-4-16(31)18-5-6-29-39-18)22(33)20-14(15)8-12-7-13-10-17(32)21(26(28)37)25(36)27(13,38)24(35)19(12)23(20)34/h5-6,9,12-13,33-34,36,38H,3-4,7-8,10H2,1-2H3,(H2,28,37)/t12-,13+,27+/m1/s1. The maximum absolute atomic E-state index is 13.7. The first-order valence-electron chi connectivity index (χ1n) is 12.3. The summed E-state index contributed by atoms with van der Waals surface area (Å²) in [5.74, 6) is -7.09. The van der Waals surface area contributed by atoms with E-state index in [1.165, 1.54) is 12.3 Å². The molecule has 1 aromatic carbocycles. The van der Waals surface area contributed by atoms with Crippen LogP contribution in [0.1, 0.15) is 46.5 Å². The van der Waals surface area contributed by atoms with Crippen molar-refractivity contribution in [2.75, 3.05) is 19.0 Å². The number of hydrogen-bond donors (Lipinski definition) is 5. The van der Waals surface area contributed by atoms with Gasteiger partial charge in [-0.1, -0.05) is 5.16 Å². The third-order valence-corrected chi connectivity index (χ3v) is 7.93. The van der Waals surface area contributed by atoms with Crippen molar-refractivity contribution in [3.8, 4) is 5.75 Å². The minimum Gasteiger partial charge on any atom is -0.508 e. The molecule has 6 N–H and O–H groups in total. The first-order valence-corrected chi connectivity index (χ1v) is 12.3. The summed E-state index contributed by atoms with van der Waals surface area (Å²) in [5.41, 5.74) is 3.04. The lowest BCUT2D eigenvalue weighted by Crippen LogP contribution is -2.58. The molecule has 0 radical (unpaired) electrons. The molecule has 1 amide bonds. The number of phenolic OH excluding ortho intramolecular Hbond substituents is 1. The first-order chi connectivity index (χ1) is 18.4. The summed E-state index contributed by atoms with van der Waals surface area (Å²) in [7, 11) is 3.54. The number of carbonyl (C=O) groups excluding carboxylic acids is 4. The largest absolute Gasteiger partial charge is 0.508 e. The van der Waals surface area contributed by atoms with E-state index in [1.54, 1.807) is 25.1 Å². The fraction of sp³-hybridized carbons (Fsp3) is 0.370. The molecule has 1 fully saturated rings. The highest BCUT2D eigenvalue weighted by atomic mass is 16.5. The number of primary amides is 1. The molecule has 39 heavy (non-hydrogen) atoms. The lowest BCUT2D eigenvalue weighted by Gasteiger charge is -2.46. The van der Waals surface area contributed by atoms with Crippen LogP contribution in [-0.4, -0.2) is 68.5 Å². The second-order valence-corrected chi connectivity index (χ2v) is 10.4. The Kier molecular flexibility index (Phi) is 6.10. The summed E-state index contributed by atoms with van der Waals surface area (Å²) in [6.45, 7) is 0. The molecule has 3 aliphatic rings. The van der Waals surface area contributed by atoms with Crippen molar-refractivity contribution >= 4 is 34.7 Å². The van der Waals surface area contributed by atoms with Crippen LogP contribution in [0.5, 0.6) is 5.75 Å². The van der Waals surface area contributed by atoms with Crippen molar-refractivity contribution in [3.63, 3.8) is 0 Å². The number of rotatable bonds is 6. The Labute approximate surface area is 222 Å². The molecule has 5 rings (SSSR count). The number of Topliss-reactive ketones (excluding diaryl/α,β-unsaturated/α-hetero) is 3. The number of nitrogens with two attached hydrogens (primary N) is 1. The number of anilines is 1. The monoisotopic (exact) mass is 537 g/mol. The maximum atomic E-state index is 13.7. The number of aliphatic hydroxyl groups is 3. The summed E-state index contributed by atoms with van der Waals surface area (Å²) in [4.78, 5) is 52.2. The predicted molar refractivity (Wildman–Crippen MR) is 135 cm³/mol. The summed E-state index contributed by atoms with van der Waals surface area (Å²) in [6.07, 6.45) is 1.24. The topological polar surface area (TPSA) is 204 Å². The van der Waals surface area contributed by atoms with Crippen LogP contribution < -0.4 is 10.6 Å². The molecule has 0 saturated heterocycles. The predicted octanol–water partition coefficient (Wildman–Crippen LogP) is 1.29. The Hall–Kier alpha value is -4.45. The highest BCUT2D eigenvalue weighted by Crippen LogP contribution is 2.53. The molecular weight excluding hydrogens is 510 g/mol. The summed E-state index contributed by atoms with van der Waals surface area (Å²) >= 11 is 0. The van der Waals surface area contributed by atoms with Crippen LogP contribution in [0.3, 0.4) is 0 Å². The van der Waals surface area contributed by atoms with E-state index in [1.807, 2.05) is 0 Å². The van der Waals surface area contributed by atoms with Gasteiger partial charge in [-0.2, -0.15) is 0 Å². The van der Waals surface area contributed by atoms with Crippen LogP contribution in [0.2, 0.25) is 0 Å². The fourth-order valence-corrected chi connectivity index (χ4v) is 6.04. The van der Waals surface area contributed by atoms with Gasteiger partial charge >= 0.3 is 0 Å². The van der Waals surface area contributed by atoms with Crippen LogP contribution in [0.25, 0.3) is 5.76 Å². The number of carbonyl (C=O) groups is 4. The van der Waals surface area contributed by atoms with Gasteiger partial charge in [-0.25, -0.2) is 0 Å². The van der Waals surface area contributed by atoms with Gasteiger partial charge in [-0.05, 0) is 42.4 Å². The summed E-state index contributed by atoms with van der Waals surface area (Å²) in [5, 5.41) is 48.2. The first kappa shape index (κ1) is 26.2. The van der Waals surface area contributed by atoms with E-state index in [0.29, 0.717) is 16.8 Å². The fourth-order valence-electron chi connectivity index (χ4n) is 6.04. The van der Waals surface area contributed by atoms with Crippen molar-refractivity contribution in [2.24, 2.45) is 17.6 Å². The van der Waals surface area contributed by atoms with Crippen molar-refractivity contribution in [1.82, 2.24) is 5.16 Å². The quantitative estimate of drug-likeness (QED) is 0.262. The maximum Gasteiger partial charge on any atom is 0.255 e. The minimum atomic E-state index is -2.63. The number of hydrogen-bond acceptors (Lipinski definition) is 11. The van der Waals surface area contributed by atoms with Crippen molar-refractivity contribution in [3.05, 3.63) is 57.7 Å². The molecule has 1 heterocycles. The SMILES string of the molecule is CN(C)c1cc(CCC(=O)c2ccno2)c(O)c2c1C[C@H]1C[C@H]3CC(=O)C(C(N)=O)=C(O)[C@@]3(O)C(=O)C1=C2O. The second kappa shape index (κ2) is 9.09. The van der Waals surface area contributed by atoms with Gasteiger partial charge in [0, 0.05) is 50.2 Å². The molecule has 12 heteroatoms. The van der Waals surface area contributed by atoms with Gasteiger partial charge in [0.25, 0.3) is 5.91 Å². The molecule has 2 aromatic rings. The van der Waals surface area contributed by atoms with Gasteiger partial charge in [0.15, 0.2) is 11.4 Å². The average molecular weight is 538 g/mol. The van der Waals surface area contributed by atoms with Crippen LogP contribution in [-0.2, 0) is 27.2 Å². The van der Waals surface area contributed by atoms with E-state index in [2.05, 4.69) is 5.16 Å². The van der Waals surface area contributed by atoms with Crippen LogP contribution in [0.4, 0.5) is 5.69 Å². The zero-order valence-corrected chi connectivity index (χ0v) is 21.2. The minimum absolute atomic E-state index is 0.0181. The Balaban J connectivity index is 1.62. The summed E-state index contributed by atoms with van der Waals surface area (Å²) in [6, 6.07) is 3.13. The molecule has 0 unspecified atom stereocenters. The molecule has 12 nitrogen and oxygen atoms in total. The van der Waals surface area contributed by atoms with E-state index in [-0.39, 0.29) is 60.5 Å². The van der Waals surface area contributed by atoms with Gasteiger partial charge in [-0.3, -0.25) is 19.2 Å². The number of nitrogens with zero attached hydrogens (tertiary/aromatic N) is 2. The number of aryl methyl sites for hydroxylation is 1. The number of fused-ring (bicyclic) bond motifs is 3. The molecule has 0 bridgehead atoms. The van der Waals surface area contributed by atoms with Gasteiger partial charge in [-0.15, -0.1) is 0 Å². The van der Waals surface area contributed by atoms with E-state index in [0.717, 1.165) is 0 Å². The molecule has 0 aliphatic heterocycles. The molecule has 1 saturated carbocycles. The van der Waals surface area contributed by atoms with Gasteiger partial charge < -0.3 is 35.6 Å². The van der Waals surface area contributed by atoms with Crippen LogP contribution in [0, 0.1) is 11.8 Å². The molecular formula is C27H27N3O9. The number of aromatic nitrogens is 1. The second-order valence-electron chi connectivity index (χ2n) is 10.4. The lowest BCUT2D eigenvalue weighted by atomic mass is 9.59. The van der Waals surface area contributed by atoms with E-state index >= 15 is 0 Å². The smallest absolute Gasteiger partial charge is 0.255 e. The number of aromatic hydroxyl groups is 1. The van der Waals surface area contributed by atoms with E-state index < -0.39 is 52.0 Å². The zero-order chi connectivity index (χ0) is 28.4. The number of benzene rings is 1. The Morgan fingerprint density at radius 1 is 1.21 bits per heavy atom. The highest BCUT2D eigenvalue weighted by molar-refractivity contribution is 6.22. The van der Waals surface area contributed by atoms with Crippen LogP contribution in [0.15, 0.2) is 39.8 Å². The third kappa shape index (κ3) is 3.82. The molecule has 204 valence electrons. The lowest BCUT2D eigenvalue weighted by molar-refractivity contribution is -0.147. The van der Waals surface area contributed by atoms with Gasteiger partial charge in [0.1, 0.15) is 22.8 Å². The number of phenols is 1. The summed E-state index contributed by atoms with van der Waals surface area (Å²) < 4.78 is 4.89. The molecule has 3 atom stereocenters. The van der Waals surface area contributed by atoms with Crippen molar-refractivity contribution in [2.45, 2.75) is 37.7 Å². The average Bonchev–Trinajstić information content (AvgIpc) is 3.40. The number of amides is 1. The Morgan fingerprint density at radius 2 is 1.92 bits per heavy atom. The van der Waals surface area contributed by atoms with Crippen molar-refractivity contribution < 1.29 is 44.1 Å². The van der Waals surface area contributed by atoms with Gasteiger partial charge in [0.2, 0.25) is 17.3 Å². The zero-order valence-electron chi connectivity index (χ0n) is 21.2. The third-order valence-electron chi connectivity index (χ3n) is 7.93. The highest BCUT2D eigenvalue weighted by Gasteiger charge is 2.60. The van der Waals surface area contributed by atoms with Gasteiger partial charge in [0.05, 0.1) is 11.8 Å². The molecule has 3 aliphatic carbocycles. The molecule has 0 spiro atoms. The number of ketones is 3. The van der Waals surface area contributed by atoms with Crippen molar-refractivity contribution in [1.29, 1.82) is 0 Å². The van der Waals surface area contributed by atoms with E-state index in [9.17, 15) is 39.6 Å². The Morgan fingerprint density at radius 3 is 2.54 bits per heavy atom. The Bertz CT molecular complexity index is 1500. The normalized spacial score (nSPS) is 24.3. The number of aliphatic hydroxyl groups excluding tert-OH is 2.